The van der Waals surface area contributed by atoms with Crippen LogP contribution >= 0.6 is 12.2 Å². The first-order valence-electron chi connectivity index (χ1n) is 10.1. The van der Waals surface area contributed by atoms with Crippen LogP contribution in [0, 0.1) is 5.82 Å². The van der Waals surface area contributed by atoms with Gasteiger partial charge < -0.3 is 25.0 Å². The van der Waals surface area contributed by atoms with Crippen LogP contribution in [0.25, 0.3) is 0 Å². The molecular formula is C22H27F2NO4S. The lowest BCUT2D eigenvalue weighted by Gasteiger charge is -2.31. The quantitative estimate of drug-likeness (QED) is 0.427. The number of benzene rings is 1. The van der Waals surface area contributed by atoms with Crippen LogP contribution in [0.3, 0.4) is 0 Å². The number of hydrogen-bond acceptors (Lipinski definition) is 6. The average Bonchev–Trinajstić information content (AvgIpc) is 2.74. The van der Waals surface area contributed by atoms with Crippen molar-refractivity contribution in [1.82, 2.24) is 5.32 Å². The lowest BCUT2D eigenvalue weighted by molar-refractivity contribution is -0.0195. The van der Waals surface area contributed by atoms with E-state index in [1.165, 1.54) is 18.2 Å². The van der Waals surface area contributed by atoms with Crippen molar-refractivity contribution in [3.63, 3.8) is 0 Å². The molecule has 30 heavy (non-hydrogen) atoms. The van der Waals surface area contributed by atoms with Gasteiger partial charge in [0.2, 0.25) is 0 Å². The summed E-state index contributed by atoms with van der Waals surface area (Å²) in [5.41, 5.74) is 1.54. The third kappa shape index (κ3) is 5.85. The molecule has 0 saturated heterocycles. The molecule has 1 aromatic rings. The predicted octanol–water partition coefficient (Wildman–Crippen LogP) is 3.14. The summed E-state index contributed by atoms with van der Waals surface area (Å²) in [7, 11) is 0. The Hall–Kier alpha value is -1.87. The molecule has 0 fully saturated rings. The van der Waals surface area contributed by atoms with Crippen LogP contribution in [0.15, 0.2) is 41.4 Å². The Morgan fingerprint density at radius 1 is 1.20 bits per heavy atom. The van der Waals surface area contributed by atoms with E-state index >= 15 is 0 Å². The molecule has 4 unspecified atom stereocenters. The molecule has 0 saturated carbocycles. The van der Waals surface area contributed by atoms with E-state index < -0.39 is 30.2 Å². The molecular weight excluding hydrogens is 412 g/mol. The average molecular weight is 440 g/mol. The number of allylic oxidation sites excluding steroid dienone is 4. The Labute approximate surface area is 180 Å². The molecule has 0 amide bonds. The Bertz CT molecular complexity index is 829. The standard InChI is InChI=1S/C22H27F2NO4S/c1-13-14(8-17(24)12-30)2-5-21(28-13)18(26)10-25-11-19(27)22-6-3-15-9-16(23)4-7-20(15)29-22/h4,7-9,12,18-19,21-22,25-27H,2-3,5-6,10-11H2,1H3/b17-8+. The van der Waals surface area contributed by atoms with Gasteiger partial charge >= 0.3 is 0 Å². The highest BCUT2D eigenvalue weighted by Crippen LogP contribution is 2.29. The minimum atomic E-state index is -0.774. The Kier molecular flexibility index (Phi) is 7.93. The Morgan fingerprint density at radius 2 is 1.87 bits per heavy atom. The van der Waals surface area contributed by atoms with E-state index in [0.717, 1.165) is 16.5 Å². The molecule has 0 spiro atoms. The summed E-state index contributed by atoms with van der Waals surface area (Å²) in [5, 5.41) is 24.9. The molecule has 5 nitrogen and oxygen atoms in total. The minimum absolute atomic E-state index is 0.239. The topological polar surface area (TPSA) is 71.0 Å². The van der Waals surface area contributed by atoms with Crippen molar-refractivity contribution >= 4 is 17.6 Å². The van der Waals surface area contributed by atoms with Crippen molar-refractivity contribution in [1.29, 1.82) is 0 Å². The number of nitrogens with one attached hydrogen (secondary N) is 1. The minimum Gasteiger partial charge on any atom is -0.492 e. The van der Waals surface area contributed by atoms with Crippen LogP contribution in [-0.4, -0.2) is 53.1 Å². The zero-order chi connectivity index (χ0) is 21.7. The van der Waals surface area contributed by atoms with Crippen LogP contribution in [0.4, 0.5) is 8.78 Å². The molecule has 3 N–H and O–H groups in total. The first kappa shape index (κ1) is 22.8. The van der Waals surface area contributed by atoms with E-state index in [-0.39, 0.29) is 18.9 Å². The molecule has 3 rings (SSSR count). The molecule has 2 aliphatic rings. The zero-order valence-electron chi connectivity index (χ0n) is 16.8. The van der Waals surface area contributed by atoms with Gasteiger partial charge in [-0.3, -0.25) is 0 Å². The number of thiocarbonyl (C=S) groups is 1. The number of hydrogen-bond donors (Lipinski definition) is 3. The first-order chi connectivity index (χ1) is 14.4. The van der Waals surface area contributed by atoms with Crippen LogP contribution in [0.1, 0.15) is 31.7 Å². The summed E-state index contributed by atoms with van der Waals surface area (Å²) in [5.74, 6) is 0.381. The molecule has 0 bridgehead atoms. The van der Waals surface area contributed by atoms with Crippen molar-refractivity contribution in [2.75, 3.05) is 13.1 Å². The zero-order valence-corrected chi connectivity index (χ0v) is 17.6. The van der Waals surface area contributed by atoms with E-state index in [9.17, 15) is 19.0 Å². The number of ether oxygens (including phenoxy) is 2. The Balaban J connectivity index is 1.44. The highest BCUT2D eigenvalue weighted by atomic mass is 32.1. The maximum absolute atomic E-state index is 13.3. The van der Waals surface area contributed by atoms with Gasteiger partial charge in [-0.1, -0.05) is 12.2 Å². The van der Waals surface area contributed by atoms with Gasteiger partial charge in [0.25, 0.3) is 0 Å². The molecule has 2 aliphatic heterocycles. The SMILES string of the molecule is CC1=C(/C=C(/F)C=S)CCC(C(O)CNCC(O)C2CCc3cc(F)ccc3O2)O1. The van der Waals surface area contributed by atoms with E-state index in [0.29, 0.717) is 37.2 Å². The molecule has 2 heterocycles. The third-order valence-electron chi connectivity index (χ3n) is 5.47. The van der Waals surface area contributed by atoms with Crippen molar-refractivity contribution in [3.05, 3.63) is 52.8 Å². The summed E-state index contributed by atoms with van der Waals surface area (Å²) in [6, 6.07) is 4.38. The number of aliphatic hydroxyl groups is 2. The predicted molar refractivity (Wildman–Crippen MR) is 114 cm³/mol. The van der Waals surface area contributed by atoms with Crippen molar-refractivity contribution in [2.45, 2.75) is 57.0 Å². The van der Waals surface area contributed by atoms with E-state index in [1.807, 2.05) is 0 Å². The second-order valence-electron chi connectivity index (χ2n) is 7.66. The van der Waals surface area contributed by atoms with Gasteiger partial charge in [-0.25, -0.2) is 8.78 Å². The van der Waals surface area contributed by atoms with Crippen LogP contribution < -0.4 is 10.1 Å². The van der Waals surface area contributed by atoms with E-state index in [1.54, 1.807) is 13.0 Å². The van der Waals surface area contributed by atoms with Gasteiger partial charge in [-0.15, -0.1) is 0 Å². The second-order valence-corrected chi connectivity index (χ2v) is 7.90. The van der Waals surface area contributed by atoms with Crippen LogP contribution in [0.5, 0.6) is 5.75 Å². The molecule has 4 atom stereocenters. The monoisotopic (exact) mass is 439 g/mol. The normalized spacial score (nSPS) is 23.8. The summed E-state index contributed by atoms with van der Waals surface area (Å²) in [6.07, 6.45) is 1.38. The molecule has 0 aliphatic carbocycles. The smallest absolute Gasteiger partial charge is 0.134 e. The summed E-state index contributed by atoms with van der Waals surface area (Å²) >= 11 is 4.56. The lowest BCUT2D eigenvalue weighted by Crippen LogP contribution is -2.45. The molecule has 164 valence electrons. The summed E-state index contributed by atoms with van der Waals surface area (Å²) in [4.78, 5) is 0. The van der Waals surface area contributed by atoms with Gasteiger partial charge in [0.1, 0.15) is 41.8 Å². The van der Waals surface area contributed by atoms with Crippen LogP contribution in [-0.2, 0) is 11.2 Å². The maximum Gasteiger partial charge on any atom is 0.134 e. The number of halogens is 2. The van der Waals surface area contributed by atoms with E-state index in [4.69, 9.17) is 9.47 Å². The molecule has 0 aromatic heterocycles. The van der Waals surface area contributed by atoms with Crippen molar-refractivity contribution in [2.24, 2.45) is 0 Å². The molecule has 1 aromatic carbocycles. The summed E-state index contributed by atoms with van der Waals surface area (Å²) < 4.78 is 38.2. The number of aryl methyl sites for hydroxylation is 1. The van der Waals surface area contributed by atoms with Crippen molar-refractivity contribution in [3.8, 4) is 5.75 Å². The van der Waals surface area contributed by atoms with Crippen molar-refractivity contribution < 1.29 is 28.5 Å². The largest absolute Gasteiger partial charge is 0.492 e. The molecule has 0 radical (unpaired) electrons. The van der Waals surface area contributed by atoms with Gasteiger partial charge in [0.15, 0.2) is 0 Å². The first-order valence-corrected chi connectivity index (χ1v) is 10.5. The van der Waals surface area contributed by atoms with Gasteiger partial charge in [0, 0.05) is 18.5 Å². The number of aliphatic hydroxyl groups excluding tert-OH is 2. The lowest BCUT2D eigenvalue weighted by atomic mass is 9.98. The van der Waals surface area contributed by atoms with Gasteiger partial charge in [0.05, 0.1) is 5.76 Å². The highest BCUT2D eigenvalue weighted by molar-refractivity contribution is 7.79. The van der Waals surface area contributed by atoms with E-state index in [2.05, 4.69) is 17.5 Å². The van der Waals surface area contributed by atoms with Gasteiger partial charge in [-0.05, 0) is 68.0 Å². The fourth-order valence-corrected chi connectivity index (χ4v) is 3.84. The van der Waals surface area contributed by atoms with Gasteiger partial charge in [-0.2, -0.15) is 0 Å². The number of fused-ring (bicyclic) bond motifs is 1. The molecule has 8 heteroatoms. The second kappa shape index (κ2) is 10.4. The fourth-order valence-electron chi connectivity index (χ4n) is 3.77. The summed E-state index contributed by atoms with van der Waals surface area (Å²) in [6.45, 7) is 2.22. The van der Waals surface area contributed by atoms with Crippen LogP contribution in [0.2, 0.25) is 0 Å². The highest BCUT2D eigenvalue weighted by Gasteiger charge is 2.28. The maximum atomic E-state index is 13.3. The third-order valence-corrected chi connectivity index (χ3v) is 5.69. The fraction of sp³-hybridized carbons (Fsp3) is 0.500. The number of rotatable bonds is 8. The Morgan fingerprint density at radius 3 is 2.53 bits per heavy atom.